The first-order chi connectivity index (χ1) is 15.9. The number of benzene rings is 1. The van der Waals surface area contributed by atoms with E-state index in [4.69, 9.17) is 14.2 Å². The van der Waals surface area contributed by atoms with Crippen molar-refractivity contribution < 1.29 is 28.2 Å². The predicted octanol–water partition coefficient (Wildman–Crippen LogP) is 2.69. The molecule has 1 aliphatic carbocycles. The predicted molar refractivity (Wildman–Crippen MR) is 119 cm³/mol. The number of anilines is 1. The van der Waals surface area contributed by atoms with Crippen molar-refractivity contribution >= 4 is 28.7 Å². The van der Waals surface area contributed by atoms with Gasteiger partial charge in [0, 0.05) is 56.5 Å². The van der Waals surface area contributed by atoms with Gasteiger partial charge < -0.3 is 28.6 Å². The van der Waals surface area contributed by atoms with Crippen molar-refractivity contribution in [3.63, 3.8) is 0 Å². The Morgan fingerprint density at radius 1 is 1.15 bits per heavy atom. The van der Waals surface area contributed by atoms with Crippen LogP contribution in [0.2, 0.25) is 0 Å². The molecule has 4 rings (SSSR count). The van der Waals surface area contributed by atoms with Crippen LogP contribution in [-0.4, -0.2) is 68.5 Å². The van der Waals surface area contributed by atoms with Gasteiger partial charge in [-0.25, -0.2) is 14.0 Å². The second kappa shape index (κ2) is 9.38. The van der Waals surface area contributed by atoms with Crippen molar-refractivity contribution in [3.8, 4) is 0 Å². The van der Waals surface area contributed by atoms with E-state index in [1.807, 2.05) is 9.47 Å². The first-order valence-corrected chi connectivity index (χ1v) is 11.0. The summed E-state index contributed by atoms with van der Waals surface area (Å²) in [5.74, 6) is -1.32. The highest BCUT2D eigenvalue weighted by atomic mass is 19.1. The van der Waals surface area contributed by atoms with Crippen molar-refractivity contribution in [2.24, 2.45) is 0 Å². The Kier molecular flexibility index (Phi) is 6.55. The first kappa shape index (κ1) is 23.0. The van der Waals surface area contributed by atoms with Crippen molar-refractivity contribution in [2.75, 3.05) is 51.9 Å². The Bertz CT molecular complexity index is 1140. The number of ether oxygens (including phenoxy) is 3. The van der Waals surface area contributed by atoms with Crippen LogP contribution in [0.5, 0.6) is 0 Å². The third kappa shape index (κ3) is 4.27. The lowest BCUT2D eigenvalue weighted by Crippen LogP contribution is -2.49. The molecule has 1 amide bonds. The Morgan fingerprint density at radius 3 is 2.42 bits per heavy atom. The van der Waals surface area contributed by atoms with Gasteiger partial charge >= 0.3 is 12.1 Å². The number of rotatable bonds is 6. The lowest BCUT2D eigenvalue weighted by molar-refractivity contribution is 0.0598. The number of carbonyl (C=O) groups is 2. The smallest absolute Gasteiger partial charge is 0.409 e. The molecule has 0 spiro atoms. The van der Waals surface area contributed by atoms with Gasteiger partial charge in [0.15, 0.2) is 0 Å². The van der Waals surface area contributed by atoms with Crippen LogP contribution in [0.15, 0.2) is 17.1 Å². The van der Waals surface area contributed by atoms with Gasteiger partial charge in [0.1, 0.15) is 11.4 Å². The van der Waals surface area contributed by atoms with Gasteiger partial charge in [0.05, 0.1) is 31.5 Å². The van der Waals surface area contributed by atoms with Crippen LogP contribution in [0.4, 0.5) is 14.9 Å². The largest absolute Gasteiger partial charge is 0.465 e. The number of amides is 1. The van der Waals surface area contributed by atoms with Gasteiger partial charge in [-0.3, -0.25) is 4.79 Å². The van der Waals surface area contributed by atoms with Crippen LogP contribution >= 0.6 is 0 Å². The van der Waals surface area contributed by atoms with Crippen LogP contribution < -0.4 is 10.3 Å². The summed E-state index contributed by atoms with van der Waals surface area (Å²) in [5, 5.41) is 0.128. The molecule has 0 N–H and O–H groups in total. The first-order valence-electron chi connectivity index (χ1n) is 11.0. The fourth-order valence-corrected chi connectivity index (χ4v) is 4.40. The highest BCUT2D eigenvalue weighted by Gasteiger charge is 2.32. The van der Waals surface area contributed by atoms with Gasteiger partial charge in [0.2, 0.25) is 5.43 Å². The number of hydrogen-bond acceptors (Lipinski definition) is 7. The summed E-state index contributed by atoms with van der Waals surface area (Å²) in [5.41, 5.74) is 0.797. The topological polar surface area (TPSA) is 90.3 Å². The van der Waals surface area contributed by atoms with E-state index in [0.717, 1.165) is 12.8 Å². The molecule has 1 aromatic carbocycles. The van der Waals surface area contributed by atoms with Gasteiger partial charge in [-0.1, -0.05) is 0 Å². The van der Waals surface area contributed by atoms with E-state index < -0.39 is 17.2 Å². The number of pyridine rings is 1. The number of carbonyl (C=O) groups excluding carboxylic acids is 2. The molecule has 2 fully saturated rings. The molecule has 33 heavy (non-hydrogen) atoms. The van der Waals surface area contributed by atoms with Crippen molar-refractivity contribution in [3.05, 3.63) is 39.4 Å². The molecule has 10 heteroatoms. The average molecular weight is 461 g/mol. The summed E-state index contributed by atoms with van der Waals surface area (Å²) in [4.78, 5) is 40.8. The maximum atomic E-state index is 15.5. The minimum absolute atomic E-state index is 0.0887. The number of aromatic nitrogens is 1. The number of fused-ring (bicyclic) bond motifs is 1. The summed E-state index contributed by atoms with van der Waals surface area (Å²) in [6.07, 6.45) is 2.94. The lowest BCUT2D eigenvalue weighted by Gasteiger charge is -2.37. The van der Waals surface area contributed by atoms with E-state index in [2.05, 4.69) is 0 Å². The molecule has 2 aromatic rings. The Balaban J connectivity index is 1.83. The molecule has 0 unspecified atom stereocenters. The fourth-order valence-electron chi connectivity index (χ4n) is 4.40. The Hall–Kier alpha value is -3.14. The monoisotopic (exact) mass is 461 g/mol. The summed E-state index contributed by atoms with van der Waals surface area (Å²) in [6.45, 7) is 3.73. The number of hydrogen-bond donors (Lipinski definition) is 0. The van der Waals surface area contributed by atoms with Gasteiger partial charge in [-0.05, 0) is 25.8 Å². The maximum Gasteiger partial charge on any atom is 0.409 e. The summed E-state index contributed by atoms with van der Waals surface area (Å²) in [6, 6.07) is 1.32. The number of piperazine rings is 1. The molecule has 1 aromatic heterocycles. The minimum atomic E-state index is -0.746. The third-order valence-electron chi connectivity index (χ3n) is 6.10. The molecule has 0 radical (unpaired) electrons. The maximum absolute atomic E-state index is 15.5. The van der Waals surface area contributed by atoms with E-state index in [9.17, 15) is 14.4 Å². The summed E-state index contributed by atoms with van der Waals surface area (Å²) in [7, 11) is 2.73. The molecular formula is C23H28FN3O6. The van der Waals surface area contributed by atoms with Crippen LogP contribution in [0, 0.1) is 5.82 Å². The molecule has 2 heterocycles. The third-order valence-corrected chi connectivity index (χ3v) is 6.10. The van der Waals surface area contributed by atoms with Gasteiger partial charge in [-0.15, -0.1) is 0 Å². The lowest BCUT2D eigenvalue weighted by atomic mass is 10.0. The molecule has 0 atom stereocenters. The zero-order valence-electron chi connectivity index (χ0n) is 19.1. The number of methoxy groups -OCH3 is 2. The molecule has 0 bridgehead atoms. The Morgan fingerprint density at radius 2 is 1.85 bits per heavy atom. The molecular weight excluding hydrogens is 433 g/mol. The number of nitrogens with zero attached hydrogens (tertiary/aromatic N) is 3. The van der Waals surface area contributed by atoms with Gasteiger partial charge in [-0.2, -0.15) is 0 Å². The normalized spacial score (nSPS) is 16.2. The van der Waals surface area contributed by atoms with Crippen LogP contribution in [0.1, 0.15) is 41.7 Å². The molecule has 178 valence electrons. The quantitative estimate of drug-likeness (QED) is 0.611. The average Bonchev–Trinajstić information content (AvgIpc) is 3.65. The molecule has 1 saturated carbocycles. The summed E-state index contributed by atoms with van der Waals surface area (Å²) < 4.78 is 32.7. The van der Waals surface area contributed by atoms with E-state index >= 15 is 4.39 Å². The van der Waals surface area contributed by atoms with Crippen molar-refractivity contribution in [1.82, 2.24) is 9.47 Å². The molecule has 2 aliphatic rings. The fraction of sp³-hybridized carbons (Fsp3) is 0.522. The minimum Gasteiger partial charge on any atom is -0.465 e. The van der Waals surface area contributed by atoms with Crippen LogP contribution in [0.3, 0.4) is 0 Å². The second-order valence-electron chi connectivity index (χ2n) is 8.19. The van der Waals surface area contributed by atoms with Crippen molar-refractivity contribution in [1.29, 1.82) is 0 Å². The van der Waals surface area contributed by atoms with Crippen LogP contribution in [-0.2, 0) is 20.8 Å². The number of esters is 1. The van der Waals surface area contributed by atoms with E-state index in [-0.39, 0.29) is 29.7 Å². The standard InChI is InChI=1S/C23H28FN3O6/c1-4-33-23(30)26-9-7-25(8-10-26)20-17(13-31-2)19-15(11-18(20)24)21(28)16(22(29)32-3)12-27(19)14-5-6-14/h11-12,14H,4-10,13H2,1-3H3. The summed E-state index contributed by atoms with van der Waals surface area (Å²) >= 11 is 0. The highest BCUT2D eigenvalue weighted by molar-refractivity contribution is 5.96. The SMILES string of the molecule is CCOC(=O)N1CCN(c2c(F)cc3c(=O)c(C(=O)OC)cn(C4CC4)c3c2COC)CC1. The highest BCUT2D eigenvalue weighted by Crippen LogP contribution is 2.40. The van der Waals surface area contributed by atoms with E-state index in [0.29, 0.717) is 49.6 Å². The number of halogens is 1. The van der Waals surface area contributed by atoms with Crippen molar-refractivity contribution in [2.45, 2.75) is 32.4 Å². The van der Waals surface area contributed by atoms with E-state index in [1.165, 1.54) is 26.5 Å². The van der Waals surface area contributed by atoms with Crippen LogP contribution in [0.25, 0.3) is 10.9 Å². The molecule has 1 saturated heterocycles. The second-order valence-corrected chi connectivity index (χ2v) is 8.19. The zero-order valence-corrected chi connectivity index (χ0v) is 19.1. The molecule has 9 nitrogen and oxygen atoms in total. The molecule has 1 aliphatic heterocycles. The zero-order chi connectivity index (χ0) is 23.7. The Labute approximate surface area is 190 Å². The van der Waals surface area contributed by atoms with E-state index in [1.54, 1.807) is 11.8 Å². The van der Waals surface area contributed by atoms with Gasteiger partial charge in [0.25, 0.3) is 0 Å².